The van der Waals surface area contributed by atoms with Gasteiger partial charge in [0.15, 0.2) is 0 Å². The van der Waals surface area contributed by atoms with Crippen molar-refractivity contribution in [3.05, 3.63) is 70.2 Å². The summed E-state index contributed by atoms with van der Waals surface area (Å²) in [5.74, 6) is -0.553. The number of benzene rings is 3. The molecular formula is C27H29Cl2N3O4S. The Labute approximate surface area is 227 Å². The van der Waals surface area contributed by atoms with Crippen molar-refractivity contribution in [3.8, 4) is 0 Å². The fourth-order valence-electron chi connectivity index (χ4n) is 4.54. The van der Waals surface area contributed by atoms with Crippen molar-refractivity contribution in [2.24, 2.45) is 0 Å². The highest BCUT2D eigenvalue weighted by Gasteiger charge is 2.35. The quantitative estimate of drug-likeness (QED) is 0.380. The van der Waals surface area contributed by atoms with Crippen LogP contribution in [0.1, 0.15) is 39.2 Å². The Hall–Kier alpha value is -2.81. The Bertz CT molecular complexity index is 1450. The fourth-order valence-corrected chi connectivity index (χ4v) is 6.75. The summed E-state index contributed by atoms with van der Waals surface area (Å²) in [6, 6.07) is 14.9. The van der Waals surface area contributed by atoms with Gasteiger partial charge in [-0.1, -0.05) is 53.5 Å². The van der Waals surface area contributed by atoms with Crippen LogP contribution >= 0.6 is 23.2 Å². The highest BCUT2D eigenvalue weighted by molar-refractivity contribution is 7.93. The number of carbonyl (C=O) groups excluding carboxylic acids is 2. The van der Waals surface area contributed by atoms with Gasteiger partial charge in [0.25, 0.3) is 10.0 Å². The predicted molar refractivity (Wildman–Crippen MR) is 147 cm³/mol. The molecule has 0 unspecified atom stereocenters. The molecule has 3 aromatic carbocycles. The van der Waals surface area contributed by atoms with Crippen LogP contribution in [-0.2, 0) is 26.2 Å². The third-order valence-corrected chi connectivity index (χ3v) is 8.83. The van der Waals surface area contributed by atoms with Gasteiger partial charge in [-0.05, 0) is 62.4 Å². The lowest BCUT2D eigenvalue weighted by molar-refractivity contribution is -0.140. The van der Waals surface area contributed by atoms with Crippen LogP contribution in [0.4, 0.5) is 5.69 Å². The van der Waals surface area contributed by atoms with Crippen LogP contribution < -0.4 is 9.62 Å². The molecule has 0 saturated heterocycles. The number of rotatable bonds is 9. The summed E-state index contributed by atoms with van der Waals surface area (Å²) in [7, 11) is -3.70. The predicted octanol–water partition coefficient (Wildman–Crippen LogP) is 5.38. The molecule has 3 aromatic rings. The molecule has 0 aliphatic carbocycles. The number of hydrogen-bond acceptors (Lipinski definition) is 4. The minimum atomic E-state index is -3.70. The van der Waals surface area contributed by atoms with Crippen molar-refractivity contribution in [2.75, 3.05) is 10.8 Å². The molecule has 0 saturated carbocycles. The van der Waals surface area contributed by atoms with Gasteiger partial charge in [-0.25, -0.2) is 8.42 Å². The number of amides is 2. The number of sulfonamides is 1. The molecular weight excluding hydrogens is 533 g/mol. The molecule has 1 atom stereocenters. The second kappa shape index (κ2) is 10.9. The monoisotopic (exact) mass is 561 g/mol. The van der Waals surface area contributed by atoms with Crippen molar-refractivity contribution in [1.82, 2.24) is 10.2 Å². The molecule has 10 heteroatoms. The van der Waals surface area contributed by atoms with E-state index in [1.807, 2.05) is 32.0 Å². The first-order valence-corrected chi connectivity index (χ1v) is 14.3. The first kappa shape index (κ1) is 27.2. The second-order valence-corrected chi connectivity index (χ2v) is 12.1. The van der Waals surface area contributed by atoms with Crippen molar-refractivity contribution in [2.45, 2.75) is 57.1 Å². The maximum absolute atomic E-state index is 13.4. The van der Waals surface area contributed by atoms with Crippen LogP contribution in [-0.4, -0.2) is 43.8 Å². The topological polar surface area (TPSA) is 86.8 Å². The third-order valence-electron chi connectivity index (χ3n) is 6.39. The third kappa shape index (κ3) is 5.56. The smallest absolute Gasteiger partial charge is 0.265 e. The van der Waals surface area contributed by atoms with Crippen LogP contribution in [0.2, 0.25) is 10.0 Å². The van der Waals surface area contributed by atoms with Crippen LogP contribution in [0.3, 0.4) is 0 Å². The number of hydrogen-bond donors (Lipinski definition) is 1. The Kier molecular flexibility index (Phi) is 8.02. The summed E-state index contributed by atoms with van der Waals surface area (Å²) in [6.45, 7) is 5.63. The van der Waals surface area contributed by atoms with Gasteiger partial charge in [0.2, 0.25) is 11.8 Å². The molecule has 0 spiro atoms. The Morgan fingerprint density at radius 2 is 1.73 bits per heavy atom. The molecule has 1 aliphatic heterocycles. The van der Waals surface area contributed by atoms with Crippen LogP contribution in [0, 0.1) is 0 Å². The maximum Gasteiger partial charge on any atom is 0.265 e. The van der Waals surface area contributed by atoms with Crippen molar-refractivity contribution in [1.29, 1.82) is 0 Å². The zero-order valence-electron chi connectivity index (χ0n) is 20.9. The molecule has 0 aromatic heterocycles. The molecule has 2 amide bonds. The van der Waals surface area contributed by atoms with Crippen molar-refractivity contribution in [3.63, 3.8) is 0 Å². The fraction of sp³-hybridized carbons (Fsp3) is 0.333. The highest BCUT2D eigenvalue weighted by atomic mass is 35.5. The van der Waals surface area contributed by atoms with Crippen LogP contribution in [0.5, 0.6) is 0 Å². The summed E-state index contributed by atoms with van der Waals surface area (Å²) in [5.41, 5.74) is 1.28. The van der Waals surface area contributed by atoms with E-state index in [4.69, 9.17) is 23.2 Å². The van der Waals surface area contributed by atoms with E-state index in [-0.39, 0.29) is 48.7 Å². The van der Waals surface area contributed by atoms with E-state index in [2.05, 4.69) is 5.32 Å². The van der Waals surface area contributed by atoms with Crippen molar-refractivity contribution < 1.29 is 18.0 Å². The van der Waals surface area contributed by atoms with Crippen LogP contribution in [0.25, 0.3) is 10.8 Å². The first-order valence-electron chi connectivity index (χ1n) is 12.1. The number of anilines is 1. The van der Waals surface area contributed by atoms with E-state index in [9.17, 15) is 18.0 Å². The largest absolute Gasteiger partial charge is 0.352 e. The summed E-state index contributed by atoms with van der Waals surface area (Å²) in [6.07, 6.45) is 0.342. The van der Waals surface area contributed by atoms with Gasteiger partial charge >= 0.3 is 0 Å². The van der Waals surface area contributed by atoms with Gasteiger partial charge < -0.3 is 10.2 Å². The molecule has 37 heavy (non-hydrogen) atoms. The van der Waals surface area contributed by atoms with Gasteiger partial charge in [0.1, 0.15) is 6.04 Å². The van der Waals surface area contributed by atoms with Gasteiger partial charge in [0, 0.05) is 41.0 Å². The SMILES string of the molecule is CC(C)NC(=O)[C@H](C)N(Cc1ccc(Cl)cc1Cl)C(=O)CCCN1c2cccc3cccc(c23)S1(=O)=O. The summed E-state index contributed by atoms with van der Waals surface area (Å²) in [4.78, 5) is 27.9. The lowest BCUT2D eigenvalue weighted by Gasteiger charge is -2.30. The summed E-state index contributed by atoms with van der Waals surface area (Å²) >= 11 is 12.4. The molecule has 0 fully saturated rings. The second-order valence-electron chi connectivity index (χ2n) is 9.41. The molecule has 7 nitrogen and oxygen atoms in total. The van der Waals surface area contributed by atoms with Gasteiger partial charge in [-0.2, -0.15) is 0 Å². The van der Waals surface area contributed by atoms with E-state index in [1.54, 1.807) is 43.3 Å². The van der Waals surface area contributed by atoms with E-state index in [1.165, 1.54) is 9.21 Å². The molecule has 196 valence electrons. The first-order chi connectivity index (χ1) is 17.5. The lowest BCUT2D eigenvalue weighted by Crippen LogP contribution is -2.49. The van der Waals surface area contributed by atoms with Crippen molar-refractivity contribution >= 4 is 61.5 Å². The van der Waals surface area contributed by atoms with Crippen LogP contribution in [0.15, 0.2) is 59.5 Å². The van der Waals surface area contributed by atoms with Gasteiger partial charge in [-0.3, -0.25) is 13.9 Å². The number of carbonyl (C=O) groups is 2. The molecule has 1 aliphatic rings. The highest BCUT2D eigenvalue weighted by Crippen LogP contribution is 2.42. The number of halogens is 2. The van der Waals surface area contributed by atoms with Gasteiger partial charge in [-0.15, -0.1) is 0 Å². The minimum Gasteiger partial charge on any atom is -0.352 e. The maximum atomic E-state index is 13.4. The van der Waals surface area contributed by atoms with Gasteiger partial charge in [0.05, 0.1) is 10.6 Å². The Morgan fingerprint density at radius 3 is 2.41 bits per heavy atom. The van der Waals surface area contributed by atoms with E-state index >= 15 is 0 Å². The molecule has 1 heterocycles. The standard InChI is InChI=1S/C27H29Cl2N3O4S/c1-17(2)30-27(34)18(3)31(16-20-12-13-21(28)15-22(20)29)25(33)11-6-14-32-23-9-4-7-19-8-5-10-24(26(19)23)37(32,35)36/h4-5,7-10,12-13,15,17-18H,6,11,14,16H2,1-3H3,(H,30,34)/t18-/m0/s1. The Balaban J connectivity index is 1.51. The summed E-state index contributed by atoms with van der Waals surface area (Å²) in [5, 5.41) is 5.27. The minimum absolute atomic E-state index is 0.0584. The summed E-state index contributed by atoms with van der Waals surface area (Å²) < 4.78 is 27.8. The average Bonchev–Trinajstić information content (AvgIpc) is 3.06. The van der Waals surface area contributed by atoms with E-state index in [0.717, 1.165) is 5.39 Å². The zero-order chi connectivity index (χ0) is 26.9. The van der Waals surface area contributed by atoms with E-state index < -0.39 is 16.1 Å². The molecule has 4 rings (SSSR count). The normalized spacial score (nSPS) is 14.7. The Morgan fingerprint density at radius 1 is 1.03 bits per heavy atom. The molecule has 1 N–H and O–H groups in total. The number of nitrogens with one attached hydrogen (secondary N) is 1. The zero-order valence-corrected chi connectivity index (χ0v) is 23.2. The average molecular weight is 563 g/mol. The lowest BCUT2D eigenvalue weighted by atomic mass is 10.1. The van der Waals surface area contributed by atoms with E-state index in [0.29, 0.717) is 26.7 Å². The number of nitrogens with zero attached hydrogens (tertiary/aromatic N) is 2. The molecule has 0 radical (unpaired) electrons. The molecule has 0 bridgehead atoms.